The zero-order chi connectivity index (χ0) is 9.10. The molecular weight excluding hydrogens is 282 g/mol. The molecule has 2 nitrogen and oxygen atoms in total. The summed E-state index contributed by atoms with van der Waals surface area (Å²) < 4.78 is 17.1. The van der Waals surface area contributed by atoms with E-state index in [1.165, 1.54) is 30.1 Å². The summed E-state index contributed by atoms with van der Waals surface area (Å²) in [7, 11) is 0. The van der Waals surface area contributed by atoms with Crippen molar-refractivity contribution in [3.05, 3.63) is 0 Å². The Morgan fingerprint density at radius 3 is 2.54 bits per heavy atom. The summed E-state index contributed by atoms with van der Waals surface area (Å²) in [6, 6.07) is 0. The molecule has 0 aromatic carbocycles. The van der Waals surface area contributed by atoms with Crippen LogP contribution in [0.5, 0.6) is 0 Å². The van der Waals surface area contributed by atoms with Crippen molar-refractivity contribution in [3.8, 4) is 0 Å². The first kappa shape index (κ1) is 9.68. The molecule has 0 bridgehead atoms. The Kier molecular flexibility index (Phi) is 3.40. The van der Waals surface area contributed by atoms with Gasteiger partial charge in [0.15, 0.2) is 0 Å². The number of likely N-dealkylation sites (tertiary alicyclic amines) is 1. The van der Waals surface area contributed by atoms with Crippen LogP contribution in [0.15, 0.2) is 0 Å². The van der Waals surface area contributed by atoms with Gasteiger partial charge in [0.05, 0.1) is 0 Å². The van der Waals surface area contributed by atoms with Crippen LogP contribution in [0, 0.1) is 0 Å². The van der Waals surface area contributed by atoms with Crippen LogP contribution in [0.25, 0.3) is 0 Å². The van der Waals surface area contributed by atoms with Crippen LogP contribution in [0.1, 0.15) is 25.7 Å². The van der Waals surface area contributed by atoms with Crippen LogP contribution >= 0.6 is 0 Å². The molecule has 0 aromatic heterocycles. The third-order valence-corrected chi connectivity index (χ3v) is 5.48. The van der Waals surface area contributed by atoms with Gasteiger partial charge in [-0.05, 0) is 0 Å². The molecule has 13 heavy (non-hydrogen) atoms. The fourth-order valence-corrected chi connectivity index (χ4v) is 4.50. The van der Waals surface area contributed by atoms with Crippen LogP contribution in [0.3, 0.4) is 0 Å². The molecule has 0 spiro atoms. The number of rotatable bonds is 0. The molecule has 0 N–H and O–H groups in total. The Balaban J connectivity index is 2.02. The minimum atomic E-state index is -0.0298. The van der Waals surface area contributed by atoms with Crippen molar-refractivity contribution in [2.24, 2.45) is 0 Å². The van der Waals surface area contributed by atoms with Crippen LogP contribution in [0.2, 0.25) is 0 Å². The van der Waals surface area contributed by atoms with E-state index in [9.17, 15) is 4.39 Å². The van der Waals surface area contributed by atoms with Crippen molar-refractivity contribution >= 4 is 6.09 Å². The summed E-state index contributed by atoms with van der Waals surface area (Å²) in [6.45, 7) is 2.84. The molecule has 76 valence electrons. The third kappa shape index (κ3) is 2.33. The predicted octanol–water partition coefficient (Wildman–Crippen LogP) is -1.78. The van der Waals surface area contributed by atoms with Crippen molar-refractivity contribution < 1.29 is 28.7 Å². The minimum absolute atomic E-state index is 0.0298. The van der Waals surface area contributed by atoms with Gasteiger partial charge in [0.25, 0.3) is 0 Å². The second kappa shape index (κ2) is 4.57. The van der Waals surface area contributed by atoms with E-state index in [1.807, 2.05) is 7.69 Å². The van der Waals surface area contributed by atoms with E-state index in [0.717, 1.165) is 19.6 Å². The Morgan fingerprint density at radius 1 is 1.15 bits per heavy atom. The summed E-state index contributed by atoms with van der Waals surface area (Å²) in [6.07, 6.45) is 4.92. The molecule has 2 aliphatic heterocycles. The van der Waals surface area contributed by atoms with Crippen LogP contribution in [-0.2, 0) is 0 Å². The summed E-state index contributed by atoms with van der Waals surface area (Å²) in [5, 5.41) is 0. The van der Waals surface area contributed by atoms with Crippen molar-refractivity contribution in [1.82, 2.24) is 4.90 Å². The number of hydrogen-bond acceptors (Lipinski definition) is 0. The molecule has 0 unspecified atom stereocenters. The van der Waals surface area contributed by atoms with E-state index in [1.54, 1.807) is 0 Å². The summed E-state index contributed by atoms with van der Waals surface area (Å²) in [5.41, 5.74) is 0. The van der Waals surface area contributed by atoms with Gasteiger partial charge in [0.1, 0.15) is 0 Å². The average molecular weight is 298 g/mol. The van der Waals surface area contributed by atoms with Crippen molar-refractivity contribution in [2.75, 3.05) is 24.1 Å². The third-order valence-electron chi connectivity index (χ3n) is 2.53. The Hall–Kier alpha value is 0.130. The number of halogens is 2. The molecule has 0 aliphatic carbocycles. The molecule has 0 radical (unpaired) electrons. The number of hydrogen-bond donors (Lipinski definition) is 0. The van der Waals surface area contributed by atoms with E-state index < -0.39 is 0 Å². The summed E-state index contributed by atoms with van der Waals surface area (Å²) in [4.78, 5) is 1.92. The van der Waals surface area contributed by atoms with Gasteiger partial charge in [0.2, 0.25) is 0 Å². The van der Waals surface area contributed by atoms with E-state index in [0.29, 0.717) is 0 Å². The number of amidine groups is 1. The summed E-state index contributed by atoms with van der Waals surface area (Å²) >= 11 is -0.0298. The first-order valence-electron chi connectivity index (χ1n) is 5.02. The normalized spacial score (nSPS) is 28.5. The quantitative estimate of drug-likeness (QED) is 0.168. The van der Waals surface area contributed by atoms with Crippen LogP contribution in [0.4, 0.5) is 4.39 Å². The molecule has 0 saturated carbocycles. The maximum atomic E-state index is 13.8. The zero-order valence-electron chi connectivity index (χ0n) is 7.81. The summed E-state index contributed by atoms with van der Waals surface area (Å²) in [5.74, 6) is 0. The van der Waals surface area contributed by atoms with Gasteiger partial charge in [0, 0.05) is 0 Å². The van der Waals surface area contributed by atoms with Gasteiger partial charge >= 0.3 is 89.4 Å². The molecule has 2 aliphatic rings. The predicted molar refractivity (Wildman–Crippen MR) is 46.2 cm³/mol. The molecule has 4 heteroatoms. The molecule has 0 aromatic rings. The van der Waals surface area contributed by atoms with Gasteiger partial charge in [-0.25, -0.2) is 0 Å². The van der Waals surface area contributed by atoms with Gasteiger partial charge in [-0.2, -0.15) is 0 Å². The molecular formula is C9H16FIN2. The Morgan fingerprint density at radius 2 is 1.92 bits per heavy atom. The SMILES string of the molecule is F/C(N1CCCC1)=[N+]1/CCCC[I-]1. The Bertz CT molecular complexity index is 204. The monoisotopic (exact) mass is 298 g/mol. The van der Waals surface area contributed by atoms with E-state index in [-0.39, 0.29) is 27.6 Å². The first-order chi connectivity index (χ1) is 6.38. The zero-order valence-corrected chi connectivity index (χ0v) is 9.96. The van der Waals surface area contributed by atoms with Crippen LogP contribution < -0.4 is 21.5 Å². The Labute approximate surface area is 89.4 Å². The topological polar surface area (TPSA) is 6.25 Å². The average Bonchev–Trinajstić information content (AvgIpc) is 2.71. The van der Waals surface area contributed by atoms with Gasteiger partial charge in [-0.15, -0.1) is 0 Å². The molecule has 2 heterocycles. The van der Waals surface area contributed by atoms with Crippen molar-refractivity contribution in [1.29, 1.82) is 0 Å². The standard InChI is InChI=1S/C9H16FIN2/c10-9(12-6-3-4-7-12)13-8-2-1-5-11-13/h1-8H2/b13-9+. The maximum absolute atomic E-state index is 13.8. The molecule has 2 rings (SSSR count). The molecule has 2 saturated heterocycles. The van der Waals surface area contributed by atoms with E-state index in [2.05, 4.69) is 0 Å². The van der Waals surface area contributed by atoms with Crippen molar-refractivity contribution in [3.63, 3.8) is 0 Å². The second-order valence-corrected chi connectivity index (χ2v) is 6.49. The number of nitrogens with zero attached hydrogens (tertiary/aromatic N) is 2. The molecule has 0 atom stereocenters. The van der Waals surface area contributed by atoms with Gasteiger partial charge in [-0.1, -0.05) is 0 Å². The second-order valence-electron chi connectivity index (χ2n) is 3.56. The van der Waals surface area contributed by atoms with Crippen molar-refractivity contribution in [2.45, 2.75) is 25.7 Å². The van der Waals surface area contributed by atoms with Gasteiger partial charge < -0.3 is 0 Å². The molecule has 0 amide bonds. The molecule has 2 fully saturated rings. The fourth-order valence-electron chi connectivity index (χ4n) is 1.76. The fraction of sp³-hybridized carbons (Fsp3) is 0.889. The first-order valence-corrected chi connectivity index (χ1v) is 7.51. The van der Waals surface area contributed by atoms with Gasteiger partial charge in [-0.3, -0.25) is 0 Å². The number of alkyl halides is 1. The van der Waals surface area contributed by atoms with Crippen LogP contribution in [-0.4, -0.2) is 37.8 Å². The van der Waals surface area contributed by atoms with E-state index in [4.69, 9.17) is 0 Å². The van der Waals surface area contributed by atoms with E-state index >= 15 is 0 Å².